The number of aromatic nitrogens is 1. The Morgan fingerprint density at radius 1 is 1.05 bits per heavy atom. The maximum atomic E-state index is 13.4. The van der Waals surface area contributed by atoms with Crippen LogP contribution in [-0.4, -0.2) is 59.9 Å². The lowest BCUT2D eigenvalue weighted by Gasteiger charge is -2.29. The number of rotatable bonds is 8. The van der Waals surface area contributed by atoms with Gasteiger partial charge in [0.05, 0.1) is 18.0 Å². The monoisotopic (exact) mass is 551 g/mol. The van der Waals surface area contributed by atoms with Crippen LogP contribution in [0.3, 0.4) is 0 Å². The molecule has 1 aliphatic heterocycles. The van der Waals surface area contributed by atoms with E-state index in [1.807, 2.05) is 26.0 Å². The number of para-hydroxylation sites is 1. The van der Waals surface area contributed by atoms with Crippen LogP contribution in [0, 0.1) is 11.8 Å². The molecule has 0 unspecified atom stereocenters. The van der Waals surface area contributed by atoms with Crippen LogP contribution in [0.1, 0.15) is 62.9 Å². The van der Waals surface area contributed by atoms with Crippen LogP contribution in [0.25, 0.3) is 0 Å². The average Bonchev–Trinajstić information content (AvgIpc) is 2.93. The smallest absolute Gasteiger partial charge is 0.255 e. The van der Waals surface area contributed by atoms with Crippen molar-refractivity contribution in [3.63, 3.8) is 0 Å². The van der Waals surface area contributed by atoms with Crippen LogP contribution < -0.4 is 26.0 Å². The maximum Gasteiger partial charge on any atom is 0.255 e. The molecular formula is C30H41N5O5. The zero-order valence-corrected chi connectivity index (χ0v) is 23.7. The van der Waals surface area contributed by atoms with Crippen molar-refractivity contribution in [1.29, 1.82) is 0 Å². The van der Waals surface area contributed by atoms with Crippen molar-refractivity contribution in [1.82, 2.24) is 26.3 Å². The number of nitrogens with one attached hydrogen (secondary N) is 4. The minimum Gasteiger partial charge on any atom is -0.491 e. The Balaban J connectivity index is 1.87. The first-order chi connectivity index (χ1) is 19.2. The van der Waals surface area contributed by atoms with Gasteiger partial charge in [0.2, 0.25) is 17.7 Å². The van der Waals surface area contributed by atoms with Gasteiger partial charge in [-0.3, -0.25) is 24.2 Å². The molecular weight excluding hydrogens is 510 g/mol. The number of benzene rings is 1. The van der Waals surface area contributed by atoms with E-state index in [-0.39, 0.29) is 42.4 Å². The van der Waals surface area contributed by atoms with Crippen molar-refractivity contribution < 1.29 is 23.9 Å². The Bertz CT molecular complexity index is 1160. The fraction of sp³-hybridized carbons (Fsp3) is 0.500. The Labute approximate surface area is 236 Å². The van der Waals surface area contributed by atoms with Gasteiger partial charge in [-0.15, -0.1) is 0 Å². The molecule has 1 aromatic heterocycles. The SMILES string of the molecule is CC[C@H](C)[C@@H]1NC(=O)C[C@@H](C(=O)NCCc2ccncc2)NC(=O)c2ccccc2OC[C@@H](CC(C)C)NC1=O. The number of hydrogen-bond donors (Lipinski definition) is 4. The maximum absolute atomic E-state index is 13.4. The van der Waals surface area contributed by atoms with Gasteiger partial charge in [0.25, 0.3) is 5.91 Å². The van der Waals surface area contributed by atoms with E-state index in [2.05, 4.69) is 40.1 Å². The summed E-state index contributed by atoms with van der Waals surface area (Å²) in [6.45, 7) is 8.40. The molecule has 0 saturated heterocycles. The van der Waals surface area contributed by atoms with E-state index in [0.29, 0.717) is 31.6 Å². The van der Waals surface area contributed by atoms with Gasteiger partial charge >= 0.3 is 0 Å². The summed E-state index contributed by atoms with van der Waals surface area (Å²) in [4.78, 5) is 57.1. The molecule has 0 radical (unpaired) electrons. The van der Waals surface area contributed by atoms with Crippen molar-refractivity contribution in [2.24, 2.45) is 11.8 Å². The van der Waals surface area contributed by atoms with E-state index in [9.17, 15) is 19.2 Å². The predicted octanol–water partition coefficient (Wildman–Crippen LogP) is 2.38. The number of nitrogens with zero attached hydrogens (tertiary/aromatic N) is 1. The van der Waals surface area contributed by atoms with Crippen LogP contribution in [0.4, 0.5) is 0 Å². The fourth-order valence-corrected chi connectivity index (χ4v) is 4.57. The van der Waals surface area contributed by atoms with Crippen molar-refractivity contribution in [3.05, 3.63) is 59.9 Å². The van der Waals surface area contributed by atoms with E-state index in [1.165, 1.54) is 0 Å². The molecule has 0 fully saturated rings. The molecule has 0 bridgehead atoms. The molecule has 4 atom stereocenters. The minimum absolute atomic E-state index is 0.147. The van der Waals surface area contributed by atoms with Gasteiger partial charge in [-0.1, -0.05) is 46.2 Å². The number of hydrogen-bond acceptors (Lipinski definition) is 6. The van der Waals surface area contributed by atoms with Crippen molar-refractivity contribution in [3.8, 4) is 5.75 Å². The van der Waals surface area contributed by atoms with Crippen LogP contribution in [0.2, 0.25) is 0 Å². The highest BCUT2D eigenvalue weighted by atomic mass is 16.5. The van der Waals surface area contributed by atoms with Crippen LogP contribution in [0.5, 0.6) is 5.75 Å². The first-order valence-corrected chi connectivity index (χ1v) is 14.0. The number of pyridine rings is 1. The standard InChI is InChI=1S/C30H41N5O5/c1-5-20(4)27-30(39)33-22(16-19(2)3)18-40-25-9-7-6-8-23(25)28(37)34-24(17-26(36)35-27)29(38)32-15-12-21-10-13-31-14-11-21/h6-11,13-14,19-20,22,24,27H,5,12,15-18H2,1-4H3,(H,32,38)(H,33,39)(H,34,37)(H,35,36)/t20-,22+,24-,27-/m0/s1. The number of ether oxygens (including phenoxy) is 1. The molecule has 216 valence electrons. The van der Waals surface area contributed by atoms with Gasteiger partial charge in [-0.2, -0.15) is 0 Å². The van der Waals surface area contributed by atoms with Gasteiger partial charge in [0, 0.05) is 18.9 Å². The highest BCUT2D eigenvalue weighted by molar-refractivity contribution is 6.01. The average molecular weight is 552 g/mol. The van der Waals surface area contributed by atoms with Gasteiger partial charge in [-0.05, 0) is 54.5 Å². The Kier molecular flexibility index (Phi) is 11.5. The highest BCUT2D eigenvalue weighted by Crippen LogP contribution is 2.20. The zero-order valence-electron chi connectivity index (χ0n) is 23.7. The van der Waals surface area contributed by atoms with Crippen LogP contribution >= 0.6 is 0 Å². The Morgan fingerprint density at radius 3 is 2.48 bits per heavy atom. The molecule has 1 aromatic carbocycles. The second-order valence-electron chi connectivity index (χ2n) is 10.7. The largest absolute Gasteiger partial charge is 0.491 e. The van der Waals surface area contributed by atoms with Crippen LogP contribution in [0.15, 0.2) is 48.8 Å². The first kappa shape index (κ1) is 30.6. The number of amides is 4. The topological polar surface area (TPSA) is 139 Å². The van der Waals surface area contributed by atoms with E-state index < -0.39 is 29.8 Å². The molecule has 2 heterocycles. The van der Waals surface area contributed by atoms with Crippen molar-refractivity contribution in [2.75, 3.05) is 13.2 Å². The zero-order chi connectivity index (χ0) is 29.1. The third-order valence-electron chi connectivity index (χ3n) is 6.96. The number of fused-ring (bicyclic) bond motifs is 1. The lowest BCUT2D eigenvalue weighted by Crippen LogP contribution is -2.56. The fourth-order valence-electron chi connectivity index (χ4n) is 4.57. The number of carbonyl (C=O) groups excluding carboxylic acids is 4. The van der Waals surface area contributed by atoms with E-state index >= 15 is 0 Å². The molecule has 2 aromatic rings. The molecule has 0 aliphatic carbocycles. The summed E-state index contributed by atoms with van der Waals surface area (Å²) in [5.74, 6) is -1.37. The summed E-state index contributed by atoms with van der Waals surface area (Å²) in [7, 11) is 0. The molecule has 1 aliphatic rings. The van der Waals surface area contributed by atoms with Gasteiger partial charge in [-0.25, -0.2) is 0 Å². The third-order valence-corrected chi connectivity index (χ3v) is 6.96. The summed E-state index contributed by atoms with van der Waals surface area (Å²) in [5, 5.41) is 11.4. The lowest BCUT2D eigenvalue weighted by atomic mass is 9.96. The summed E-state index contributed by atoms with van der Waals surface area (Å²) in [6.07, 6.45) is 4.90. The molecule has 10 nitrogen and oxygen atoms in total. The molecule has 3 rings (SSSR count). The second kappa shape index (κ2) is 15.0. The van der Waals surface area contributed by atoms with Gasteiger partial charge in [0.1, 0.15) is 24.4 Å². The lowest BCUT2D eigenvalue weighted by molar-refractivity contribution is -0.132. The molecule has 4 N–H and O–H groups in total. The Morgan fingerprint density at radius 2 is 1.77 bits per heavy atom. The van der Waals surface area contributed by atoms with Crippen molar-refractivity contribution in [2.45, 2.75) is 71.5 Å². The normalized spacial score (nSPS) is 21.1. The molecule has 40 heavy (non-hydrogen) atoms. The van der Waals surface area contributed by atoms with Gasteiger partial charge in [0.15, 0.2) is 0 Å². The number of carbonyl (C=O) groups is 4. The minimum atomic E-state index is -1.16. The third kappa shape index (κ3) is 9.07. The predicted molar refractivity (Wildman–Crippen MR) is 152 cm³/mol. The van der Waals surface area contributed by atoms with Gasteiger partial charge < -0.3 is 26.0 Å². The summed E-state index contributed by atoms with van der Waals surface area (Å²) >= 11 is 0. The summed E-state index contributed by atoms with van der Waals surface area (Å²) < 4.78 is 6.05. The quantitative estimate of drug-likeness (QED) is 0.397. The molecule has 10 heteroatoms. The molecule has 0 saturated carbocycles. The first-order valence-electron chi connectivity index (χ1n) is 14.0. The van der Waals surface area contributed by atoms with Crippen molar-refractivity contribution >= 4 is 23.6 Å². The molecule has 4 amide bonds. The highest BCUT2D eigenvalue weighted by Gasteiger charge is 2.32. The molecule has 0 spiro atoms. The van der Waals surface area contributed by atoms with E-state index in [1.54, 1.807) is 36.7 Å². The second-order valence-corrected chi connectivity index (χ2v) is 10.7. The van der Waals surface area contributed by atoms with E-state index in [4.69, 9.17) is 4.74 Å². The summed E-state index contributed by atoms with van der Waals surface area (Å²) in [6, 6.07) is 8.15. The van der Waals surface area contributed by atoms with E-state index in [0.717, 1.165) is 5.56 Å². The summed E-state index contributed by atoms with van der Waals surface area (Å²) in [5.41, 5.74) is 1.23. The van der Waals surface area contributed by atoms with Crippen LogP contribution in [-0.2, 0) is 20.8 Å². The Hall–Kier alpha value is -3.95.